The number of aromatic nitrogens is 1. The highest BCUT2D eigenvalue weighted by molar-refractivity contribution is 8.01. The van der Waals surface area contributed by atoms with Gasteiger partial charge in [-0.3, -0.25) is 4.79 Å². The first-order valence-corrected chi connectivity index (χ1v) is 9.17. The number of aromatic carboxylic acids is 1. The van der Waals surface area contributed by atoms with E-state index < -0.39 is 5.97 Å². The summed E-state index contributed by atoms with van der Waals surface area (Å²) in [5.41, 5.74) is 0.0900. The average Bonchev–Trinajstić information content (AvgIpc) is 3.08. The predicted molar refractivity (Wildman–Crippen MR) is 87.7 cm³/mol. The number of amides is 1. The zero-order valence-electron chi connectivity index (χ0n) is 12.8. The van der Waals surface area contributed by atoms with Crippen molar-refractivity contribution in [3.8, 4) is 0 Å². The summed E-state index contributed by atoms with van der Waals surface area (Å²) in [5, 5.41) is 10.4. The van der Waals surface area contributed by atoms with Gasteiger partial charge in [0.05, 0.1) is 0 Å². The summed E-state index contributed by atoms with van der Waals surface area (Å²) in [7, 11) is 2.07. The Balaban J connectivity index is 1.83. The zero-order chi connectivity index (χ0) is 16.1. The molecule has 1 aliphatic rings. The fraction of sp³-hybridized carbons (Fsp3) is 0.643. The number of likely N-dealkylation sites (tertiary alicyclic amines) is 1. The largest absolute Gasteiger partial charge is 0.476 e. The summed E-state index contributed by atoms with van der Waals surface area (Å²) in [6.45, 7) is 4.69. The molecule has 1 amide bonds. The molecule has 0 aliphatic carbocycles. The summed E-state index contributed by atoms with van der Waals surface area (Å²) in [6, 6.07) is 0.295. The van der Waals surface area contributed by atoms with Crippen LogP contribution in [0.5, 0.6) is 0 Å². The standard InChI is InChI=1S/C14H21N3O3S2/c1-3-16(2)8-10-4-5-12(18)17(10)6-7-21-14-15-11(9-22-14)13(19)20/h9-10H,3-8H2,1-2H3,(H,19,20)/t10-/m1/s1. The lowest BCUT2D eigenvalue weighted by Crippen LogP contribution is -2.41. The molecule has 1 aromatic rings. The van der Waals surface area contributed by atoms with Gasteiger partial charge in [-0.05, 0) is 20.0 Å². The smallest absolute Gasteiger partial charge is 0.355 e. The Morgan fingerprint density at radius 3 is 3.05 bits per heavy atom. The molecule has 122 valence electrons. The van der Waals surface area contributed by atoms with Crippen LogP contribution in [0.15, 0.2) is 9.72 Å². The molecule has 0 saturated carbocycles. The van der Waals surface area contributed by atoms with Crippen LogP contribution in [0.1, 0.15) is 30.3 Å². The summed E-state index contributed by atoms with van der Waals surface area (Å²) in [4.78, 5) is 31.0. The molecule has 0 aromatic carbocycles. The van der Waals surface area contributed by atoms with Crippen molar-refractivity contribution < 1.29 is 14.7 Å². The molecule has 8 heteroatoms. The third kappa shape index (κ3) is 4.44. The van der Waals surface area contributed by atoms with Gasteiger partial charge >= 0.3 is 5.97 Å². The Hall–Kier alpha value is -1.12. The molecule has 1 aliphatic heterocycles. The summed E-state index contributed by atoms with van der Waals surface area (Å²) in [6.07, 6.45) is 1.56. The van der Waals surface area contributed by atoms with Gasteiger partial charge in [0.2, 0.25) is 5.91 Å². The molecule has 0 bridgehead atoms. The molecule has 1 aromatic heterocycles. The van der Waals surface area contributed by atoms with E-state index in [1.807, 2.05) is 4.90 Å². The van der Waals surface area contributed by atoms with Crippen molar-refractivity contribution in [3.05, 3.63) is 11.1 Å². The number of thioether (sulfide) groups is 1. The number of carboxylic acid groups (broad SMARTS) is 1. The second-order valence-electron chi connectivity index (χ2n) is 5.29. The van der Waals surface area contributed by atoms with Crippen molar-refractivity contribution in [1.29, 1.82) is 0 Å². The van der Waals surface area contributed by atoms with Crippen LogP contribution in [0, 0.1) is 0 Å². The van der Waals surface area contributed by atoms with E-state index in [2.05, 4.69) is 23.9 Å². The maximum absolute atomic E-state index is 12.0. The second kappa shape index (κ2) is 7.94. The topological polar surface area (TPSA) is 73.7 Å². The maximum Gasteiger partial charge on any atom is 0.355 e. The number of carbonyl (C=O) groups excluding carboxylic acids is 1. The molecular weight excluding hydrogens is 322 g/mol. The number of rotatable bonds is 8. The maximum atomic E-state index is 12.0. The number of thiazole rings is 1. The van der Waals surface area contributed by atoms with E-state index in [0.29, 0.717) is 19.0 Å². The number of carbonyl (C=O) groups is 2. The molecule has 0 unspecified atom stereocenters. The number of carboxylic acids is 1. The Labute approximate surface area is 138 Å². The zero-order valence-corrected chi connectivity index (χ0v) is 14.5. The monoisotopic (exact) mass is 343 g/mol. The highest BCUT2D eigenvalue weighted by Gasteiger charge is 2.30. The first-order valence-electron chi connectivity index (χ1n) is 7.31. The molecule has 2 rings (SSSR count). The Morgan fingerprint density at radius 2 is 2.41 bits per heavy atom. The average molecular weight is 343 g/mol. The molecule has 1 fully saturated rings. The Kier molecular flexibility index (Phi) is 6.22. The molecule has 0 radical (unpaired) electrons. The lowest BCUT2D eigenvalue weighted by Gasteiger charge is -2.28. The SMILES string of the molecule is CCN(C)C[C@H]1CCC(=O)N1CCSc1nc(C(=O)O)cs1. The van der Waals surface area contributed by atoms with Crippen molar-refractivity contribution >= 4 is 35.0 Å². The van der Waals surface area contributed by atoms with Crippen molar-refractivity contribution in [1.82, 2.24) is 14.8 Å². The molecule has 22 heavy (non-hydrogen) atoms. The predicted octanol–water partition coefficient (Wildman–Crippen LogP) is 1.88. The first-order chi connectivity index (χ1) is 10.5. The fourth-order valence-electron chi connectivity index (χ4n) is 2.43. The van der Waals surface area contributed by atoms with Gasteiger partial charge in [-0.1, -0.05) is 18.7 Å². The quantitative estimate of drug-likeness (QED) is 0.727. The van der Waals surface area contributed by atoms with Crippen molar-refractivity contribution in [2.45, 2.75) is 30.1 Å². The van der Waals surface area contributed by atoms with E-state index in [1.165, 1.54) is 23.1 Å². The van der Waals surface area contributed by atoms with Gasteiger partial charge in [0, 0.05) is 36.7 Å². The molecule has 1 saturated heterocycles. The van der Waals surface area contributed by atoms with Crippen LogP contribution in [0.4, 0.5) is 0 Å². The minimum atomic E-state index is -1.000. The van der Waals surface area contributed by atoms with Crippen LogP contribution < -0.4 is 0 Å². The van der Waals surface area contributed by atoms with E-state index in [0.717, 1.165) is 29.6 Å². The first kappa shape index (κ1) is 17.2. The molecule has 0 spiro atoms. The third-order valence-electron chi connectivity index (χ3n) is 3.77. The van der Waals surface area contributed by atoms with E-state index >= 15 is 0 Å². The van der Waals surface area contributed by atoms with E-state index in [4.69, 9.17) is 5.11 Å². The van der Waals surface area contributed by atoms with E-state index in [-0.39, 0.29) is 11.6 Å². The highest BCUT2D eigenvalue weighted by Crippen LogP contribution is 2.25. The van der Waals surface area contributed by atoms with Gasteiger partial charge in [-0.2, -0.15) is 0 Å². The fourth-order valence-corrected chi connectivity index (χ4v) is 4.24. The molecular formula is C14H21N3O3S2. The Morgan fingerprint density at radius 1 is 1.64 bits per heavy atom. The molecule has 6 nitrogen and oxygen atoms in total. The van der Waals surface area contributed by atoms with Crippen molar-refractivity contribution in [2.75, 3.05) is 32.4 Å². The number of hydrogen-bond donors (Lipinski definition) is 1. The van der Waals surface area contributed by atoms with Gasteiger partial charge in [0.25, 0.3) is 0 Å². The Bertz CT molecular complexity index is 535. The van der Waals surface area contributed by atoms with Crippen LogP contribution in [0.2, 0.25) is 0 Å². The van der Waals surface area contributed by atoms with Gasteiger partial charge in [-0.25, -0.2) is 9.78 Å². The second-order valence-corrected chi connectivity index (χ2v) is 7.49. The van der Waals surface area contributed by atoms with Crippen LogP contribution in [0.3, 0.4) is 0 Å². The lowest BCUT2D eigenvalue weighted by atomic mass is 10.2. The van der Waals surface area contributed by atoms with Crippen LogP contribution in [-0.2, 0) is 4.79 Å². The van der Waals surface area contributed by atoms with Crippen LogP contribution in [-0.4, -0.2) is 70.2 Å². The molecule has 1 N–H and O–H groups in total. The van der Waals surface area contributed by atoms with Crippen LogP contribution >= 0.6 is 23.1 Å². The molecule has 2 heterocycles. The van der Waals surface area contributed by atoms with Gasteiger partial charge in [-0.15, -0.1) is 11.3 Å². The summed E-state index contributed by atoms with van der Waals surface area (Å²) >= 11 is 2.85. The number of nitrogens with zero attached hydrogens (tertiary/aromatic N) is 3. The highest BCUT2D eigenvalue weighted by atomic mass is 32.2. The van der Waals surface area contributed by atoms with Crippen molar-refractivity contribution in [3.63, 3.8) is 0 Å². The van der Waals surface area contributed by atoms with Crippen LogP contribution in [0.25, 0.3) is 0 Å². The van der Waals surface area contributed by atoms with E-state index in [1.54, 1.807) is 5.38 Å². The number of hydrogen-bond acceptors (Lipinski definition) is 6. The number of likely N-dealkylation sites (N-methyl/N-ethyl adjacent to an activating group) is 1. The van der Waals surface area contributed by atoms with Gasteiger partial charge in [0.1, 0.15) is 0 Å². The van der Waals surface area contributed by atoms with Gasteiger partial charge in [0.15, 0.2) is 10.0 Å². The van der Waals surface area contributed by atoms with E-state index in [9.17, 15) is 9.59 Å². The van der Waals surface area contributed by atoms with Crippen molar-refractivity contribution in [2.24, 2.45) is 0 Å². The summed E-state index contributed by atoms with van der Waals surface area (Å²) < 4.78 is 0.742. The van der Waals surface area contributed by atoms with Gasteiger partial charge < -0.3 is 14.9 Å². The molecule has 1 atom stereocenters. The minimum Gasteiger partial charge on any atom is -0.476 e. The summed E-state index contributed by atoms with van der Waals surface area (Å²) in [5.74, 6) is -0.0362. The normalized spacial score (nSPS) is 18.4. The minimum absolute atomic E-state index is 0.0900. The third-order valence-corrected chi connectivity index (χ3v) is 5.78. The lowest BCUT2D eigenvalue weighted by molar-refractivity contribution is -0.128.